The van der Waals surface area contributed by atoms with E-state index in [0.29, 0.717) is 5.78 Å². The highest BCUT2D eigenvalue weighted by Crippen LogP contribution is 2.30. The Morgan fingerprint density at radius 3 is 2.65 bits per heavy atom. The first-order chi connectivity index (χ1) is 7.88. The lowest BCUT2D eigenvalue weighted by molar-refractivity contribution is 0.0945. The van der Waals surface area contributed by atoms with Crippen molar-refractivity contribution in [1.82, 2.24) is 0 Å². The van der Waals surface area contributed by atoms with Crippen molar-refractivity contribution in [3.63, 3.8) is 0 Å². The second kappa shape index (κ2) is 4.41. The normalized spacial score (nSPS) is 19.5. The van der Waals surface area contributed by atoms with Gasteiger partial charge in [0.1, 0.15) is 0 Å². The van der Waals surface area contributed by atoms with E-state index in [1.807, 2.05) is 6.92 Å². The van der Waals surface area contributed by atoms with Crippen LogP contribution in [-0.2, 0) is 12.8 Å². The van der Waals surface area contributed by atoms with Crippen LogP contribution >= 0.6 is 0 Å². The minimum absolute atomic E-state index is 0.193. The lowest BCUT2D eigenvalue weighted by atomic mass is 10.0. The molecule has 2 rings (SSSR count). The molecule has 1 aromatic rings. The maximum Gasteiger partial charge on any atom is 0.166 e. The quantitative estimate of drug-likeness (QED) is 0.738. The molecule has 1 unspecified atom stereocenters. The molecule has 0 amide bonds. The summed E-state index contributed by atoms with van der Waals surface area (Å²) in [6.07, 6.45) is 2.02. The van der Waals surface area contributed by atoms with Gasteiger partial charge in [0.05, 0.1) is 0 Å². The fourth-order valence-corrected chi connectivity index (χ4v) is 3.55. The number of hydrogen-bond acceptors (Lipinski definition) is 1. The van der Waals surface area contributed by atoms with Gasteiger partial charge in [0.15, 0.2) is 5.78 Å². The molecule has 0 aromatic heterocycles. The van der Waals surface area contributed by atoms with Crippen LogP contribution < -0.4 is 0 Å². The monoisotopic (exact) mass is 246 g/mol. The number of carbonyl (C=O) groups excluding carboxylic acids is 1. The summed E-state index contributed by atoms with van der Waals surface area (Å²) in [4.78, 5) is 12.2. The number of carbonyl (C=O) groups is 1. The van der Waals surface area contributed by atoms with Crippen LogP contribution in [0.15, 0.2) is 18.2 Å². The third kappa shape index (κ3) is 2.68. The van der Waals surface area contributed by atoms with Gasteiger partial charge in [-0.1, -0.05) is 50.8 Å². The van der Waals surface area contributed by atoms with Crippen molar-refractivity contribution in [2.24, 2.45) is 5.92 Å². The molecule has 0 bridgehead atoms. The number of benzene rings is 1. The zero-order valence-corrected chi connectivity index (χ0v) is 12.3. The van der Waals surface area contributed by atoms with Gasteiger partial charge < -0.3 is 0 Å². The third-order valence-corrected chi connectivity index (χ3v) is 5.35. The highest BCUT2D eigenvalue weighted by Gasteiger charge is 2.29. The molecule has 1 aliphatic carbocycles. The Morgan fingerprint density at radius 1 is 1.29 bits per heavy atom. The molecular weight excluding hydrogens is 224 g/mol. The average molecular weight is 246 g/mol. The highest BCUT2D eigenvalue weighted by molar-refractivity contribution is 6.76. The Morgan fingerprint density at radius 2 is 2.00 bits per heavy atom. The van der Waals surface area contributed by atoms with Crippen molar-refractivity contribution in [2.75, 3.05) is 0 Å². The number of Topliss-reactive ketones (excluding diaryl/α,β-unsaturated/α-hetero) is 1. The Hall–Kier alpha value is -0.893. The second-order valence-corrected chi connectivity index (χ2v) is 12.1. The van der Waals surface area contributed by atoms with E-state index in [1.54, 1.807) is 0 Å². The molecule has 0 saturated carbocycles. The second-order valence-electron chi connectivity index (χ2n) is 6.48. The Bertz CT molecular complexity index is 443. The van der Waals surface area contributed by atoms with Crippen LogP contribution in [-0.4, -0.2) is 13.9 Å². The van der Waals surface area contributed by atoms with Crippen LogP contribution in [0.3, 0.4) is 0 Å². The number of fused-ring (bicyclic) bond motifs is 1. The number of rotatable bonds is 3. The van der Waals surface area contributed by atoms with E-state index < -0.39 is 8.07 Å². The summed E-state index contributed by atoms with van der Waals surface area (Å²) in [5.74, 6) is 0.559. The van der Waals surface area contributed by atoms with Crippen LogP contribution in [0.25, 0.3) is 0 Å². The maximum absolute atomic E-state index is 12.2. The lowest BCUT2D eigenvalue weighted by Gasteiger charge is -2.16. The summed E-state index contributed by atoms with van der Waals surface area (Å²) in [5.41, 5.74) is 3.62. The number of aryl methyl sites for hydroxylation is 1. The SMILES string of the molecule is CC1Cc2cccc(CC[Si](C)(C)C)c2C1=O. The van der Waals surface area contributed by atoms with Crippen LogP contribution in [0, 0.1) is 5.92 Å². The predicted molar refractivity (Wildman–Crippen MR) is 75.5 cm³/mol. The summed E-state index contributed by atoms with van der Waals surface area (Å²) in [7, 11) is -1.02. The van der Waals surface area contributed by atoms with Crippen molar-refractivity contribution in [1.29, 1.82) is 0 Å². The van der Waals surface area contributed by atoms with E-state index in [4.69, 9.17) is 0 Å². The number of ketones is 1. The summed E-state index contributed by atoms with van der Waals surface area (Å²) in [5, 5.41) is 0. The van der Waals surface area contributed by atoms with Crippen molar-refractivity contribution in [3.8, 4) is 0 Å². The summed E-state index contributed by atoms with van der Waals surface area (Å²) < 4.78 is 0. The predicted octanol–water partition coefficient (Wildman–Crippen LogP) is 3.94. The summed E-state index contributed by atoms with van der Waals surface area (Å²) >= 11 is 0. The van der Waals surface area contributed by atoms with Gasteiger partial charge in [-0.25, -0.2) is 0 Å². The first-order valence-corrected chi connectivity index (χ1v) is 10.2. The van der Waals surface area contributed by atoms with E-state index in [1.165, 1.54) is 17.2 Å². The van der Waals surface area contributed by atoms with Gasteiger partial charge in [0, 0.05) is 19.6 Å². The first kappa shape index (κ1) is 12.6. The van der Waals surface area contributed by atoms with Crippen LogP contribution in [0.5, 0.6) is 0 Å². The van der Waals surface area contributed by atoms with Crippen molar-refractivity contribution in [3.05, 3.63) is 34.9 Å². The first-order valence-electron chi connectivity index (χ1n) is 6.53. The Labute approximate surface area is 105 Å². The molecule has 92 valence electrons. The van der Waals surface area contributed by atoms with E-state index in [2.05, 4.69) is 37.8 Å². The molecule has 0 fully saturated rings. The topological polar surface area (TPSA) is 17.1 Å². The molecule has 0 N–H and O–H groups in total. The molecule has 2 heteroatoms. The fraction of sp³-hybridized carbons (Fsp3) is 0.533. The van der Waals surface area contributed by atoms with Crippen LogP contribution in [0.1, 0.15) is 28.4 Å². The molecule has 1 aliphatic rings. The third-order valence-electron chi connectivity index (χ3n) is 3.60. The zero-order chi connectivity index (χ0) is 12.6. The van der Waals surface area contributed by atoms with Crippen molar-refractivity contribution >= 4 is 13.9 Å². The molecule has 0 spiro atoms. The molecule has 17 heavy (non-hydrogen) atoms. The smallest absolute Gasteiger partial charge is 0.166 e. The molecule has 1 aromatic carbocycles. The van der Waals surface area contributed by atoms with Gasteiger partial charge in [-0.05, 0) is 24.0 Å². The minimum atomic E-state index is -1.02. The van der Waals surface area contributed by atoms with E-state index in [9.17, 15) is 4.79 Å². The van der Waals surface area contributed by atoms with Crippen LogP contribution in [0.4, 0.5) is 0 Å². The molecule has 0 aliphatic heterocycles. The van der Waals surface area contributed by atoms with E-state index in [0.717, 1.165) is 18.4 Å². The average Bonchev–Trinajstić information content (AvgIpc) is 2.52. The summed E-state index contributed by atoms with van der Waals surface area (Å²) in [6.45, 7) is 9.21. The number of hydrogen-bond donors (Lipinski definition) is 0. The van der Waals surface area contributed by atoms with Crippen LogP contribution in [0.2, 0.25) is 25.7 Å². The molecule has 0 radical (unpaired) electrons. The zero-order valence-electron chi connectivity index (χ0n) is 11.3. The maximum atomic E-state index is 12.2. The molecule has 1 nitrogen and oxygen atoms in total. The van der Waals surface area contributed by atoms with Gasteiger partial charge in [0.25, 0.3) is 0 Å². The van der Waals surface area contributed by atoms with E-state index in [-0.39, 0.29) is 5.92 Å². The van der Waals surface area contributed by atoms with Gasteiger partial charge in [0.2, 0.25) is 0 Å². The standard InChI is InChI=1S/C15H22OSi/c1-11-10-13-7-5-6-12(14(13)15(11)16)8-9-17(2,3)4/h5-7,11H,8-10H2,1-4H3. The van der Waals surface area contributed by atoms with Crippen molar-refractivity contribution < 1.29 is 4.79 Å². The van der Waals surface area contributed by atoms with Crippen molar-refractivity contribution in [2.45, 2.75) is 45.5 Å². The van der Waals surface area contributed by atoms with Gasteiger partial charge in [-0.15, -0.1) is 0 Å². The molecule has 1 atom stereocenters. The lowest BCUT2D eigenvalue weighted by Crippen LogP contribution is -2.20. The fourth-order valence-electron chi connectivity index (χ4n) is 2.53. The minimum Gasteiger partial charge on any atom is -0.294 e. The van der Waals surface area contributed by atoms with Gasteiger partial charge >= 0.3 is 0 Å². The largest absolute Gasteiger partial charge is 0.294 e. The van der Waals surface area contributed by atoms with Gasteiger partial charge in [-0.3, -0.25) is 4.79 Å². The summed E-state index contributed by atoms with van der Waals surface area (Å²) in [6, 6.07) is 7.65. The molecular formula is C15H22OSi. The highest BCUT2D eigenvalue weighted by atomic mass is 28.3. The van der Waals surface area contributed by atoms with E-state index >= 15 is 0 Å². The Kier molecular flexibility index (Phi) is 3.26. The Balaban J connectivity index is 2.26. The molecule has 0 heterocycles. The van der Waals surface area contributed by atoms with Gasteiger partial charge in [-0.2, -0.15) is 0 Å². The molecule has 0 saturated heterocycles.